The molecule has 4 rings (SSSR count). The number of pyridine rings is 1. The fourth-order valence-electron chi connectivity index (χ4n) is 4.11. The monoisotopic (exact) mass is 441 g/mol. The van der Waals surface area contributed by atoms with E-state index in [9.17, 15) is 0 Å². The molecular weight excluding hydrogens is 410 g/mol. The van der Waals surface area contributed by atoms with Gasteiger partial charge in [0.1, 0.15) is 18.0 Å². The topological polar surface area (TPSA) is 100 Å². The standard InChI is InChI=1S/C22H31N7OS/c1-12-8-24-17(13(2)20(12)30-6)9-29-26-16-7-15(25-11-22(3,4)5)14-10-31-28-21(23)19(27-29)18(14)16/h8,15,25H,7,9-11H2,1-6H3,(H2,23,28). The molecule has 0 amide bonds. The second-order valence-corrected chi connectivity index (χ2v) is 10.1. The number of aryl methyl sites for hydroxylation is 1. The third kappa shape index (κ3) is 4.34. The number of hydrogen-bond donors (Lipinski definition) is 2. The highest BCUT2D eigenvalue weighted by atomic mass is 32.2. The second kappa shape index (κ2) is 8.27. The van der Waals surface area contributed by atoms with E-state index in [0.29, 0.717) is 12.4 Å². The van der Waals surface area contributed by atoms with Gasteiger partial charge in [0.15, 0.2) is 5.84 Å². The average Bonchev–Trinajstić information content (AvgIpc) is 2.96. The van der Waals surface area contributed by atoms with Gasteiger partial charge in [-0.1, -0.05) is 20.8 Å². The Kier molecular flexibility index (Phi) is 5.83. The molecule has 0 saturated carbocycles. The molecule has 0 radical (unpaired) electrons. The van der Waals surface area contributed by atoms with Crippen LogP contribution < -0.4 is 15.8 Å². The molecule has 1 atom stereocenters. The highest BCUT2D eigenvalue weighted by molar-refractivity contribution is 7.98. The van der Waals surface area contributed by atoms with Crippen LogP contribution in [0.3, 0.4) is 0 Å². The highest BCUT2D eigenvalue weighted by Crippen LogP contribution is 2.35. The normalized spacial score (nSPS) is 20.8. The number of methoxy groups -OCH3 is 1. The van der Waals surface area contributed by atoms with E-state index in [2.05, 4.69) is 35.5 Å². The number of rotatable bonds is 5. The summed E-state index contributed by atoms with van der Waals surface area (Å²) in [7, 11) is 1.68. The number of hydrazone groups is 2. The maximum Gasteiger partial charge on any atom is 0.160 e. The molecule has 9 heteroatoms. The van der Waals surface area contributed by atoms with Gasteiger partial charge >= 0.3 is 0 Å². The summed E-state index contributed by atoms with van der Waals surface area (Å²) in [5.74, 6) is 2.10. The van der Waals surface area contributed by atoms with Crippen LogP contribution in [0, 0.1) is 19.3 Å². The van der Waals surface area contributed by atoms with Gasteiger partial charge in [-0.05, 0) is 36.8 Å². The van der Waals surface area contributed by atoms with Crippen molar-refractivity contribution >= 4 is 29.2 Å². The summed E-state index contributed by atoms with van der Waals surface area (Å²) < 4.78 is 10.0. The van der Waals surface area contributed by atoms with E-state index in [4.69, 9.17) is 20.7 Å². The number of aromatic nitrogens is 1. The fourth-order valence-corrected chi connectivity index (χ4v) is 4.89. The molecule has 1 aromatic rings. The first-order valence-corrected chi connectivity index (χ1v) is 11.5. The minimum atomic E-state index is 0.199. The lowest BCUT2D eigenvalue weighted by Gasteiger charge is -2.23. The number of nitrogens with two attached hydrogens (primary N) is 1. The molecule has 0 fully saturated rings. The number of hydrogen-bond acceptors (Lipinski definition) is 9. The predicted molar refractivity (Wildman–Crippen MR) is 128 cm³/mol. The maximum absolute atomic E-state index is 6.31. The third-order valence-corrected chi connectivity index (χ3v) is 6.43. The van der Waals surface area contributed by atoms with Crippen LogP contribution >= 0.6 is 11.9 Å². The largest absolute Gasteiger partial charge is 0.496 e. The Hall–Kier alpha value is -2.39. The van der Waals surface area contributed by atoms with Gasteiger partial charge in [0, 0.05) is 47.7 Å². The van der Waals surface area contributed by atoms with E-state index in [1.54, 1.807) is 12.2 Å². The van der Waals surface area contributed by atoms with E-state index in [1.807, 2.05) is 20.0 Å². The van der Waals surface area contributed by atoms with Gasteiger partial charge in [0.2, 0.25) is 0 Å². The van der Waals surface area contributed by atoms with Crippen LogP contribution in [0.25, 0.3) is 0 Å². The summed E-state index contributed by atoms with van der Waals surface area (Å²) in [4.78, 5) is 4.60. The number of nitrogens with zero attached hydrogens (tertiary/aromatic N) is 5. The summed E-state index contributed by atoms with van der Waals surface area (Å²) in [5.41, 5.74) is 13.5. The van der Waals surface area contributed by atoms with E-state index in [1.165, 1.54) is 17.5 Å². The lowest BCUT2D eigenvalue weighted by Crippen LogP contribution is -2.36. The van der Waals surface area contributed by atoms with Crippen molar-refractivity contribution in [3.63, 3.8) is 0 Å². The molecule has 3 N–H and O–H groups in total. The lowest BCUT2D eigenvalue weighted by atomic mass is 9.96. The SMILES string of the molecule is COc1c(C)cnc(CN2N=C3CC(NCC(C)(C)C)C4=C3C(=N2)C(N)=NSC4)c1C. The Bertz CT molecular complexity index is 1020. The van der Waals surface area contributed by atoms with Crippen molar-refractivity contribution < 1.29 is 4.74 Å². The number of ether oxygens (including phenoxy) is 1. The smallest absolute Gasteiger partial charge is 0.160 e. The average molecular weight is 442 g/mol. The van der Waals surface area contributed by atoms with Crippen molar-refractivity contribution in [3.05, 3.63) is 34.2 Å². The van der Waals surface area contributed by atoms with Crippen LogP contribution in [0.15, 0.2) is 31.9 Å². The molecule has 0 spiro atoms. The zero-order valence-electron chi connectivity index (χ0n) is 19.1. The Balaban J connectivity index is 1.66. The van der Waals surface area contributed by atoms with Crippen LogP contribution in [-0.4, -0.2) is 52.8 Å². The van der Waals surface area contributed by atoms with Gasteiger partial charge in [-0.15, -0.1) is 0 Å². The zero-order valence-corrected chi connectivity index (χ0v) is 19.9. The molecule has 0 aromatic carbocycles. The van der Waals surface area contributed by atoms with E-state index in [0.717, 1.165) is 58.3 Å². The molecule has 0 saturated heterocycles. The van der Waals surface area contributed by atoms with Crippen LogP contribution in [0.5, 0.6) is 5.75 Å². The zero-order chi connectivity index (χ0) is 22.3. The molecule has 31 heavy (non-hydrogen) atoms. The second-order valence-electron chi connectivity index (χ2n) is 9.42. The minimum absolute atomic E-state index is 0.199. The molecule has 1 aromatic heterocycles. The predicted octanol–water partition coefficient (Wildman–Crippen LogP) is 2.96. The van der Waals surface area contributed by atoms with Crippen molar-refractivity contribution in [1.29, 1.82) is 0 Å². The third-order valence-electron chi connectivity index (χ3n) is 5.66. The van der Waals surface area contributed by atoms with Crippen molar-refractivity contribution in [2.45, 2.75) is 53.6 Å². The van der Waals surface area contributed by atoms with Crippen molar-refractivity contribution in [2.24, 2.45) is 25.7 Å². The van der Waals surface area contributed by atoms with Crippen LogP contribution in [0.4, 0.5) is 0 Å². The molecule has 166 valence electrons. The summed E-state index contributed by atoms with van der Waals surface area (Å²) in [6, 6.07) is 0.228. The van der Waals surface area contributed by atoms with Crippen molar-refractivity contribution in [1.82, 2.24) is 15.4 Å². The van der Waals surface area contributed by atoms with Gasteiger partial charge in [-0.3, -0.25) is 4.98 Å². The first-order chi connectivity index (χ1) is 14.7. The first kappa shape index (κ1) is 21.8. The fraction of sp³-hybridized carbons (Fsp3) is 0.545. The van der Waals surface area contributed by atoms with Crippen LogP contribution in [0.2, 0.25) is 0 Å². The minimum Gasteiger partial charge on any atom is -0.496 e. The molecule has 1 aliphatic carbocycles. The van der Waals surface area contributed by atoms with Gasteiger partial charge in [-0.2, -0.15) is 19.7 Å². The molecular formula is C22H31N7OS. The first-order valence-electron chi connectivity index (χ1n) is 10.5. The number of amidine groups is 1. The highest BCUT2D eigenvalue weighted by Gasteiger charge is 2.39. The van der Waals surface area contributed by atoms with Gasteiger partial charge in [-0.25, -0.2) is 0 Å². The number of nitrogens with one attached hydrogen (secondary N) is 1. The van der Waals surface area contributed by atoms with Crippen molar-refractivity contribution in [3.8, 4) is 5.75 Å². The van der Waals surface area contributed by atoms with Gasteiger partial charge in [0.05, 0.1) is 18.5 Å². The van der Waals surface area contributed by atoms with Crippen LogP contribution in [-0.2, 0) is 6.54 Å². The molecule has 8 nitrogen and oxygen atoms in total. The Morgan fingerprint density at radius 3 is 2.77 bits per heavy atom. The Morgan fingerprint density at radius 1 is 1.29 bits per heavy atom. The summed E-state index contributed by atoms with van der Waals surface area (Å²) in [6.07, 6.45) is 2.66. The molecule has 1 unspecified atom stereocenters. The van der Waals surface area contributed by atoms with Gasteiger partial charge in [0.25, 0.3) is 0 Å². The van der Waals surface area contributed by atoms with Crippen molar-refractivity contribution in [2.75, 3.05) is 19.4 Å². The summed E-state index contributed by atoms with van der Waals surface area (Å²) >= 11 is 1.48. The summed E-state index contributed by atoms with van der Waals surface area (Å²) in [6.45, 7) is 12.1. The molecule has 3 aliphatic rings. The quantitative estimate of drug-likeness (QED) is 0.682. The van der Waals surface area contributed by atoms with E-state index >= 15 is 0 Å². The maximum atomic E-state index is 6.31. The summed E-state index contributed by atoms with van der Waals surface area (Å²) in [5, 5.41) is 15.1. The molecule has 0 bridgehead atoms. The molecule has 3 heterocycles. The lowest BCUT2D eigenvalue weighted by molar-refractivity contribution is 0.288. The van der Waals surface area contributed by atoms with Crippen LogP contribution in [0.1, 0.15) is 44.0 Å². The molecule has 2 aliphatic heterocycles. The van der Waals surface area contributed by atoms with E-state index in [-0.39, 0.29) is 11.5 Å². The van der Waals surface area contributed by atoms with E-state index < -0.39 is 0 Å². The Morgan fingerprint density at radius 2 is 2.06 bits per heavy atom. The Labute approximate surface area is 188 Å². The van der Waals surface area contributed by atoms with Gasteiger partial charge < -0.3 is 15.8 Å².